The molecule has 8 nitrogen and oxygen atoms in total. The number of carbonyl (C=O) groups excluding carboxylic acids is 1. The predicted octanol–water partition coefficient (Wildman–Crippen LogP) is 3.83. The lowest BCUT2D eigenvalue weighted by Gasteiger charge is -2.10. The van der Waals surface area contributed by atoms with Gasteiger partial charge in [-0.15, -0.1) is 0 Å². The van der Waals surface area contributed by atoms with Gasteiger partial charge in [-0.25, -0.2) is 9.67 Å². The maximum absolute atomic E-state index is 12.6. The van der Waals surface area contributed by atoms with Crippen molar-refractivity contribution >= 4 is 11.6 Å². The van der Waals surface area contributed by atoms with Crippen LogP contribution in [0.4, 0.5) is 5.69 Å². The molecule has 0 saturated heterocycles. The van der Waals surface area contributed by atoms with Crippen molar-refractivity contribution in [2.75, 3.05) is 12.1 Å². The summed E-state index contributed by atoms with van der Waals surface area (Å²) in [4.78, 5) is 16.9. The number of ether oxygens (including phenoxy) is 3. The van der Waals surface area contributed by atoms with Crippen LogP contribution in [0.5, 0.6) is 17.2 Å². The lowest BCUT2D eigenvalue weighted by Crippen LogP contribution is -2.13. The molecule has 154 valence electrons. The summed E-state index contributed by atoms with van der Waals surface area (Å²) < 4.78 is 18.1. The average Bonchev–Trinajstić information content (AvgIpc) is 3.50. The fraction of sp³-hybridized carbons (Fsp3) is 0.0870. The summed E-state index contributed by atoms with van der Waals surface area (Å²) >= 11 is 0. The number of rotatable bonds is 6. The van der Waals surface area contributed by atoms with Gasteiger partial charge in [-0.1, -0.05) is 12.1 Å². The van der Waals surface area contributed by atoms with Gasteiger partial charge in [0, 0.05) is 30.3 Å². The monoisotopic (exact) mass is 414 g/mol. The van der Waals surface area contributed by atoms with Crippen LogP contribution < -0.4 is 19.5 Å². The SMILES string of the molecule is O=C(Nc1cccc(COc2ccc3c(c2)OCO3)c1)c1ccc(-n2cccn2)nc1. The Morgan fingerprint density at radius 2 is 2.00 bits per heavy atom. The molecule has 31 heavy (non-hydrogen) atoms. The minimum Gasteiger partial charge on any atom is -0.489 e. The number of nitrogens with one attached hydrogen (secondary N) is 1. The van der Waals surface area contributed by atoms with Crippen LogP contribution in [0.2, 0.25) is 0 Å². The molecule has 5 rings (SSSR count). The molecule has 1 aliphatic rings. The molecule has 0 spiro atoms. The zero-order valence-corrected chi connectivity index (χ0v) is 16.4. The number of anilines is 1. The van der Waals surface area contributed by atoms with Crippen molar-refractivity contribution in [3.8, 4) is 23.1 Å². The van der Waals surface area contributed by atoms with Gasteiger partial charge >= 0.3 is 0 Å². The molecule has 0 bridgehead atoms. The van der Waals surface area contributed by atoms with Crippen molar-refractivity contribution in [2.24, 2.45) is 0 Å². The normalized spacial score (nSPS) is 11.9. The first kappa shape index (κ1) is 18.7. The maximum atomic E-state index is 12.6. The molecule has 0 saturated carbocycles. The molecule has 0 radical (unpaired) electrons. The number of fused-ring (bicyclic) bond motifs is 1. The molecule has 3 heterocycles. The van der Waals surface area contributed by atoms with E-state index < -0.39 is 0 Å². The molecule has 1 aliphatic heterocycles. The first-order valence-electron chi connectivity index (χ1n) is 9.63. The van der Waals surface area contributed by atoms with Gasteiger partial charge in [0.2, 0.25) is 6.79 Å². The van der Waals surface area contributed by atoms with Crippen molar-refractivity contribution in [1.29, 1.82) is 0 Å². The third-order valence-corrected chi connectivity index (χ3v) is 4.68. The molecular weight excluding hydrogens is 396 g/mol. The summed E-state index contributed by atoms with van der Waals surface area (Å²) in [7, 11) is 0. The van der Waals surface area contributed by atoms with Gasteiger partial charge in [0.05, 0.1) is 5.56 Å². The number of hydrogen-bond donors (Lipinski definition) is 1. The second-order valence-electron chi connectivity index (χ2n) is 6.81. The number of nitrogens with zero attached hydrogens (tertiary/aromatic N) is 3. The van der Waals surface area contributed by atoms with Crippen molar-refractivity contribution in [3.05, 3.63) is 90.4 Å². The smallest absolute Gasteiger partial charge is 0.257 e. The Hall–Kier alpha value is -4.33. The van der Waals surface area contributed by atoms with E-state index >= 15 is 0 Å². The van der Waals surface area contributed by atoms with Crippen LogP contribution in [0.1, 0.15) is 15.9 Å². The van der Waals surface area contributed by atoms with Gasteiger partial charge in [-0.05, 0) is 48.0 Å². The molecule has 4 aromatic rings. The van der Waals surface area contributed by atoms with E-state index in [1.807, 2.05) is 42.5 Å². The predicted molar refractivity (Wildman–Crippen MR) is 113 cm³/mol. The highest BCUT2D eigenvalue weighted by molar-refractivity contribution is 6.04. The minimum absolute atomic E-state index is 0.224. The number of pyridine rings is 1. The molecule has 0 atom stereocenters. The first-order chi connectivity index (χ1) is 15.2. The maximum Gasteiger partial charge on any atom is 0.257 e. The van der Waals surface area contributed by atoms with E-state index in [-0.39, 0.29) is 12.7 Å². The quantitative estimate of drug-likeness (QED) is 0.516. The van der Waals surface area contributed by atoms with E-state index in [1.54, 1.807) is 35.3 Å². The first-order valence-corrected chi connectivity index (χ1v) is 9.63. The van der Waals surface area contributed by atoms with Crippen LogP contribution in [-0.4, -0.2) is 27.5 Å². The largest absolute Gasteiger partial charge is 0.489 e. The molecule has 0 aliphatic carbocycles. The van der Waals surface area contributed by atoms with Gasteiger partial charge < -0.3 is 19.5 Å². The molecule has 1 amide bonds. The highest BCUT2D eigenvalue weighted by Gasteiger charge is 2.14. The second-order valence-corrected chi connectivity index (χ2v) is 6.81. The van der Waals surface area contributed by atoms with Gasteiger partial charge in [-0.3, -0.25) is 4.79 Å². The standard InChI is InChI=1S/C23H18N4O4/c28-23(17-5-8-22(24-13-17)27-10-2-9-25-27)26-18-4-1-3-16(11-18)14-29-19-6-7-20-21(12-19)31-15-30-20/h1-13H,14-15H2,(H,26,28). The summed E-state index contributed by atoms with van der Waals surface area (Å²) in [5.74, 6) is 2.47. The van der Waals surface area contributed by atoms with E-state index in [2.05, 4.69) is 15.4 Å². The van der Waals surface area contributed by atoms with Crippen LogP contribution in [0.25, 0.3) is 5.82 Å². The van der Waals surface area contributed by atoms with Crippen LogP contribution >= 0.6 is 0 Å². The molecular formula is C23H18N4O4. The fourth-order valence-corrected chi connectivity index (χ4v) is 3.14. The van der Waals surface area contributed by atoms with Gasteiger partial charge in [-0.2, -0.15) is 5.10 Å². The fourth-order valence-electron chi connectivity index (χ4n) is 3.14. The second kappa shape index (κ2) is 8.19. The van der Waals surface area contributed by atoms with Gasteiger partial charge in [0.1, 0.15) is 12.4 Å². The lowest BCUT2D eigenvalue weighted by molar-refractivity contribution is 0.102. The number of amides is 1. The Balaban J connectivity index is 1.22. The number of benzene rings is 2. The lowest BCUT2D eigenvalue weighted by atomic mass is 10.2. The van der Waals surface area contributed by atoms with Crippen LogP contribution in [0, 0.1) is 0 Å². The molecule has 0 fully saturated rings. The molecule has 1 N–H and O–H groups in total. The molecule has 2 aromatic carbocycles. The Labute approximate surface area is 178 Å². The summed E-state index contributed by atoms with van der Waals surface area (Å²) in [6, 6.07) is 18.2. The number of hydrogen-bond acceptors (Lipinski definition) is 6. The summed E-state index contributed by atoms with van der Waals surface area (Å²) in [6.07, 6.45) is 4.99. The summed E-state index contributed by atoms with van der Waals surface area (Å²) in [6.45, 7) is 0.575. The van der Waals surface area contributed by atoms with E-state index in [0.717, 1.165) is 5.56 Å². The third kappa shape index (κ3) is 4.18. The Morgan fingerprint density at radius 1 is 1.06 bits per heavy atom. The van der Waals surface area contributed by atoms with Crippen molar-refractivity contribution in [2.45, 2.75) is 6.61 Å². The average molecular weight is 414 g/mol. The Morgan fingerprint density at radius 3 is 2.84 bits per heavy atom. The van der Waals surface area contributed by atoms with Crippen LogP contribution in [0.15, 0.2) is 79.3 Å². The van der Waals surface area contributed by atoms with E-state index in [9.17, 15) is 4.79 Å². The van der Waals surface area contributed by atoms with E-state index in [1.165, 1.54) is 6.20 Å². The Kier molecular flexibility index (Phi) is 4.94. The summed E-state index contributed by atoms with van der Waals surface area (Å²) in [5, 5.41) is 7.01. The highest BCUT2D eigenvalue weighted by Crippen LogP contribution is 2.35. The zero-order chi connectivity index (χ0) is 21.0. The van der Waals surface area contributed by atoms with E-state index in [4.69, 9.17) is 14.2 Å². The minimum atomic E-state index is -0.242. The Bertz CT molecular complexity index is 1210. The molecule has 8 heteroatoms. The molecule has 2 aromatic heterocycles. The topological polar surface area (TPSA) is 87.5 Å². The van der Waals surface area contributed by atoms with Crippen molar-refractivity contribution < 1.29 is 19.0 Å². The zero-order valence-electron chi connectivity index (χ0n) is 16.4. The van der Waals surface area contributed by atoms with Crippen LogP contribution in [0.3, 0.4) is 0 Å². The van der Waals surface area contributed by atoms with Gasteiger partial charge in [0.25, 0.3) is 5.91 Å². The molecule has 0 unspecified atom stereocenters. The summed E-state index contributed by atoms with van der Waals surface area (Å²) in [5.41, 5.74) is 2.05. The third-order valence-electron chi connectivity index (χ3n) is 4.68. The van der Waals surface area contributed by atoms with Crippen LogP contribution in [-0.2, 0) is 6.61 Å². The number of carbonyl (C=O) groups is 1. The van der Waals surface area contributed by atoms with Crippen molar-refractivity contribution in [1.82, 2.24) is 14.8 Å². The van der Waals surface area contributed by atoms with Gasteiger partial charge in [0.15, 0.2) is 17.3 Å². The number of aromatic nitrogens is 3. The van der Waals surface area contributed by atoms with E-state index in [0.29, 0.717) is 40.9 Å². The highest BCUT2D eigenvalue weighted by atomic mass is 16.7. The van der Waals surface area contributed by atoms with Crippen molar-refractivity contribution in [3.63, 3.8) is 0 Å².